The average molecular weight is 296 g/mol. The maximum absolute atomic E-state index is 3.64. The van der Waals surface area contributed by atoms with Crippen molar-refractivity contribution in [3.63, 3.8) is 0 Å². The molecule has 0 aromatic heterocycles. The van der Waals surface area contributed by atoms with Crippen molar-refractivity contribution in [2.24, 2.45) is 5.92 Å². The molecule has 2 fully saturated rings. The van der Waals surface area contributed by atoms with Gasteiger partial charge in [0.25, 0.3) is 0 Å². The zero-order chi connectivity index (χ0) is 14.9. The first kappa shape index (κ1) is 17.2. The third-order valence-corrected chi connectivity index (χ3v) is 5.38. The predicted octanol–water partition coefficient (Wildman–Crippen LogP) is 2.96. The van der Waals surface area contributed by atoms with Crippen molar-refractivity contribution in [2.45, 2.75) is 64.8 Å². The average Bonchev–Trinajstić information content (AvgIpc) is 3.00. The summed E-state index contributed by atoms with van der Waals surface area (Å²) in [4.78, 5) is 5.40. The fourth-order valence-corrected chi connectivity index (χ4v) is 3.85. The van der Waals surface area contributed by atoms with E-state index in [2.05, 4.69) is 29.0 Å². The van der Waals surface area contributed by atoms with Gasteiger partial charge in [-0.15, -0.1) is 0 Å². The van der Waals surface area contributed by atoms with Crippen LogP contribution in [-0.4, -0.2) is 61.7 Å². The van der Waals surface area contributed by atoms with Gasteiger partial charge in [-0.1, -0.05) is 19.8 Å². The largest absolute Gasteiger partial charge is 0.315 e. The minimum absolute atomic E-state index is 0.708. The first-order valence-corrected chi connectivity index (χ1v) is 9.46. The number of likely N-dealkylation sites (tertiary alicyclic amines) is 2. The molecule has 0 radical (unpaired) electrons. The third kappa shape index (κ3) is 6.25. The Morgan fingerprint density at radius 2 is 1.76 bits per heavy atom. The van der Waals surface area contributed by atoms with E-state index in [1.165, 1.54) is 90.8 Å². The SMILES string of the molecule is CCCCCNCC(C)N1CCC(CN2CCCC2)CC1. The van der Waals surface area contributed by atoms with Gasteiger partial charge >= 0.3 is 0 Å². The van der Waals surface area contributed by atoms with E-state index in [0.29, 0.717) is 6.04 Å². The molecule has 21 heavy (non-hydrogen) atoms. The lowest BCUT2D eigenvalue weighted by Gasteiger charge is -2.37. The summed E-state index contributed by atoms with van der Waals surface area (Å²) < 4.78 is 0. The van der Waals surface area contributed by atoms with E-state index in [-0.39, 0.29) is 0 Å². The van der Waals surface area contributed by atoms with Crippen LogP contribution in [0.15, 0.2) is 0 Å². The van der Waals surface area contributed by atoms with E-state index < -0.39 is 0 Å². The summed E-state index contributed by atoms with van der Waals surface area (Å²) >= 11 is 0. The molecule has 2 rings (SSSR count). The molecule has 1 unspecified atom stereocenters. The molecule has 0 saturated carbocycles. The van der Waals surface area contributed by atoms with Crippen molar-refractivity contribution in [1.82, 2.24) is 15.1 Å². The lowest BCUT2D eigenvalue weighted by Crippen LogP contribution is -2.46. The molecular formula is C18H37N3. The standard InChI is InChI=1S/C18H37N3/c1-3-4-5-10-19-15-17(2)21-13-8-18(9-14-21)16-20-11-6-7-12-20/h17-19H,3-16H2,1-2H3. The van der Waals surface area contributed by atoms with Gasteiger partial charge in [0, 0.05) is 19.1 Å². The van der Waals surface area contributed by atoms with Crippen LogP contribution in [0.5, 0.6) is 0 Å². The van der Waals surface area contributed by atoms with E-state index in [1.54, 1.807) is 0 Å². The Bertz CT molecular complexity index is 255. The summed E-state index contributed by atoms with van der Waals surface area (Å²) in [6.07, 6.45) is 9.71. The van der Waals surface area contributed by atoms with Crippen molar-refractivity contribution in [2.75, 3.05) is 45.8 Å². The quantitative estimate of drug-likeness (QED) is 0.660. The number of nitrogens with zero attached hydrogens (tertiary/aromatic N) is 2. The summed E-state index contributed by atoms with van der Waals surface area (Å²) in [5.74, 6) is 0.962. The Morgan fingerprint density at radius 3 is 2.43 bits per heavy atom. The summed E-state index contributed by atoms with van der Waals surface area (Å²) in [6.45, 7) is 13.8. The van der Waals surface area contributed by atoms with Gasteiger partial charge < -0.3 is 10.2 Å². The fourth-order valence-electron chi connectivity index (χ4n) is 3.85. The van der Waals surface area contributed by atoms with Crippen LogP contribution >= 0.6 is 0 Å². The molecule has 2 aliphatic heterocycles. The molecule has 0 aromatic carbocycles. The number of piperidine rings is 1. The molecule has 2 saturated heterocycles. The topological polar surface area (TPSA) is 18.5 Å². The van der Waals surface area contributed by atoms with Crippen molar-refractivity contribution in [3.8, 4) is 0 Å². The van der Waals surface area contributed by atoms with E-state index in [4.69, 9.17) is 0 Å². The minimum Gasteiger partial charge on any atom is -0.315 e. The Morgan fingerprint density at radius 1 is 1.05 bits per heavy atom. The Hall–Kier alpha value is -0.120. The Balaban J connectivity index is 1.54. The molecule has 124 valence electrons. The van der Waals surface area contributed by atoms with Crippen molar-refractivity contribution in [1.29, 1.82) is 0 Å². The highest BCUT2D eigenvalue weighted by molar-refractivity contribution is 4.80. The van der Waals surface area contributed by atoms with Crippen LogP contribution < -0.4 is 5.32 Å². The summed E-state index contributed by atoms with van der Waals surface area (Å²) in [5.41, 5.74) is 0. The molecule has 0 aromatic rings. The van der Waals surface area contributed by atoms with Crippen molar-refractivity contribution >= 4 is 0 Å². The molecular weight excluding hydrogens is 258 g/mol. The summed E-state index contributed by atoms with van der Waals surface area (Å²) in [6, 6.07) is 0.708. The van der Waals surface area contributed by atoms with Crippen LogP contribution in [0.2, 0.25) is 0 Å². The molecule has 2 aliphatic rings. The second-order valence-electron chi connectivity index (χ2n) is 7.25. The molecule has 0 bridgehead atoms. The number of hydrogen-bond acceptors (Lipinski definition) is 3. The number of unbranched alkanes of at least 4 members (excludes halogenated alkanes) is 2. The van der Waals surface area contributed by atoms with Gasteiger partial charge in [0.2, 0.25) is 0 Å². The van der Waals surface area contributed by atoms with Crippen LogP contribution in [0, 0.1) is 5.92 Å². The second-order valence-corrected chi connectivity index (χ2v) is 7.25. The smallest absolute Gasteiger partial charge is 0.0192 e. The Kier molecular flexibility index (Phi) is 8.05. The first-order valence-electron chi connectivity index (χ1n) is 9.46. The molecule has 0 aliphatic carbocycles. The normalized spacial score (nSPS) is 23.7. The molecule has 1 atom stereocenters. The van der Waals surface area contributed by atoms with E-state index >= 15 is 0 Å². The highest BCUT2D eigenvalue weighted by atomic mass is 15.2. The molecule has 2 heterocycles. The zero-order valence-electron chi connectivity index (χ0n) is 14.4. The van der Waals surface area contributed by atoms with Crippen LogP contribution in [-0.2, 0) is 0 Å². The van der Waals surface area contributed by atoms with E-state index in [0.717, 1.165) is 5.92 Å². The predicted molar refractivity (Wildman–Crippen MR) is 91.8 cm³/mol. The maximum atomic E-state index is 3.64. The fraction of sp³-hybridized carbons (Fsp3) is 1.00. The molecule has 0 amide bonds. The lowest BCUT2D eigenvalue weighted by atomic mass is 9.95. The molecule has 3 heteroatoms. The molecule has 0 spiro atoms. The van der Waals surface area contributed by atoms with Crippen LogP contribution in [0.4, 0.5) is 0 Å². The van der Waals surface area contributed by atoms with Crippen LogP contribution in [0.3, 0.4) is 0 Å². The zero-order valence-corrected chi connectivity index (χ0v) is 14.4. The van der Waals surface area contributed by atoms with Gasteiger partial charge in [-0.25, -0.2) is 0 Å². The van der Waals surface area contributed by atoms with E-state index in [9.17, 15) is 0 Å². The molecule has 3 nitrogen and oxygen atoms in total. The highest BCUT2D eigenvalue weighted by Gasteiger charge is 2.24. The monoisotopic (exact) mass is 295 g/mol. The lowest BCUT2D eigenvalue weighted by molar-refractivity contribution is 0.121. The van der Waals surface area contributed by atoms with E-state index in [1.807, 2.05) is 0 Å². The van der Waals surface area contributed by atoms with Crippen molar-refractivity contribution in [3.05, 3.63) is 0 Å². The number of hydrogen-bond donors (Lipinski definition) is 1. The minimum atomic E-state index is 0.708. The number of nitrogens with one attached hydrogen (secondary N) is 1. The highest BCUT2D eigenvalue weighted by Crippen LogP contribution is 2.21. The van der Waals surface area contributed by atoms with Gasteiger partial charge in [0.1, 0.15) is 0 Å². The third-order valence-electron chi connectivity index (χ3n) is 5.38. The molecule has 1 N–H and O–H groups in total. The van der Waals surface area contributed by atoms with Crippen LogP contribution in [0.1, 0.15) is 58.8 Å². The number of rotatable bonds is 9. The van der Waals surface area contributed by atoms with Crippen molar-refractivity contribution < 1.29 is 0 Å². The summed E-state index contributed by atoms with van der Waals surface area (Å²) in [5, 5.41) is 3.64. The summed E-state index contributed by atoms with van der Waals surface area (Å²) in [7, 11) is 0. The maximum Gasteiger partial charge on any atom is 0.0192 e. The van der Waals surface area contributed by atoms with Gasteiger partial charge in [-0.3, -0.25) is 4.90 Å². The van der Waals surface area contributed by atoms with Gasteiger partial charge in [0.15, 0.2) is 0 Å². The van der Waals surface area contributed by atoms with Gasteiger partial charge in [-0.05, 0) is 77.7 Å². The Labute approximate surface area is 132 Å². The van der Waals surface area contributed by atoms with Gasteiger partial charge in [0.05, 0.1) is 0 Å². The first-order chi connectivity index (χ1) is 10.3. The van der Waals surface area contributed by atoms with Crippen LogP contribution in [0.25, 0.3) is 0 Å². The van der Waals surface area contributed by atoms with Gasteiger partial charge in [-0.2, -0.15) is 0 Å². The second kappa shape index (κ2) is 9.81.